The van der Waals surface area contributed by atoms with Crippen molar-refractivity contribution in [2.75, 3.05) is 20.7 Å². The van der Waals surface area contributed by atoms with Crippen molar-refractivity contribution in [1.29, 1.82) is 0 Å². The standard InChI is InChI=1S/C12H19ClN2O/c1-15-7-3-4-11(14)10-8-9(13)5-6-12(10)16-2/h5-6,8,11,15H,3-4,7,14H2,1-2H3. The molecule has 4 heteroatoms. The number of nitrogens with one attached hydrogen (secondary N) is 1. The molecular weight excluding hydrogens is 224 g/mol. The van der Waals surface area contributed by atoms with E-state index in [1.165, 1.54) is 0 Å². The van der Waals surface area contributed by atoms with E-state index in [-0.39, 0.29) is 6.04 Å². The molecule has 3 N–H and O–H groups in total. The third kappa shape index (κ3) is 3.67. The van der Waals surface area contributed by atoms with Crippen LogP contribution in [0.15, 0.2) is 18.2 Å². The maximum absolute atomic E-state index is 6.11. The summed E-state index contributed by atoms with van der Waals surface area (Å²) >= 11 is 5.96. The Kier molecular flexibility index (Phi) is 5.60. The van der Waals surface area contributed by atoms with E-state index in [1.54, 1.807) is 7.11 Å². The Morgan fingerprint density at radius 2 is 2.25 bits per heavy atom. The van der Waals surface area contributed by atoms with Crippen LogP contribution < -0.4 is 15.8 Å². The van der Waals surface area contributed by atoms with Crippen molar-refractivity contribution >= 4 is 11.6 Å². The summed E-state index contributed by atoms with van der Waals surface area (Å²) in [5, 5.41) is 3.80. The summed E-state index contributed by atoms with van der Waals surface area (Å²) in [4.78, 5) is 0. The SMILES string of the molecule is CNCCCC(N)c1cc(Cl)ccc1OC. The quantitative estimate of drug-likeness (QED) is 0.753. The van der Waals surface area contributed by atoms with Crippen LogP contribution in [0.1, 0.15) is 24.4 Å². The van der Waals surface area contributed by atoms with Gasteiger partial charge in [0.15, 0.2) is 0 Å². The molecule has 0 heterocycles. The van der Waals surface area contributed by atoms with Crippen LogP contribution in [-0.4, -0.2) is 20.7 Å². The Hall–Kier alpha value is -0.770. The monoisotopic (exact) mass is 242 g/mol. The van der Waals surface area contributed by atoms with Crippen molar-refractivity contribution in [2.45, 2.75) is 18.9 Å². The van der Waals surface area contributed by atoms with E-state index in [0.29, 0.717) is 5.02 Å². The van der Waals surface area contributed by atoms with E-state index in [1.807, 2.05) is 25.2 Å². The van der Waals surface area contributed by atoms with Gasteiger partial charge in [-0.2, -0.15) is 0 Å². The summed E-state index contributed by atoms with van der Waals surface area (Å²) in [6.45, 7) is 0.969. The van der Waals surface area contributed by atoms with Crippen molar-refractivity contribution in [3.05, 3.63) is 28.8 Å². The van der Waals surface area contributed by atoms with Gasteiger partial charge >= 0.3 is 0 Å². The molecule has 3 nitrogen and oxygen atoms in total. The second kappa shape index (κ2) is 6.74. The lowest BCUT2D eigenvalue weighted by Gasteiger charge is -2.15. The van der Waals surface area contributed by atoms with Gasteiger partial charge in [0, 0.05) is 16.6 Å². The van der Waals surface area contributed by atoms with Crippen LogP contribution >= 0.6 is 11.6 Å². The molecule has 90 valence electrons. The van der Waals surface area contributed by atoms with Crippen LogP contribution in [0.25, 0.3) is 0 Å². The minimum absolute atomic E-state index is 0.0259. The number of nitrogens with two attached hydrogens (primary N) is 1. The highest BCUT2D eigenvalue weighted by molar-refractivity contribution is 6.30. The van der Waals surface area contributed by atoms with E-state index >= 15 is 0 Å². The van der Waals surface area contributed by atoms with Gasteiger partial charge in [0.25, 0.3) is 0 Å². The molecule has 0 saturated heterocycles. The fraction of sp³-hybridized carbons (Fsp3) is 0.500. The lowest BCUT2D eigenvalue weighted by molar-refractivity contribution is 0.403. The highest BCUT2D eigenvalue weighted by Crippen LogP contribution is 2.29. The first-order chi connectivity index (χ1) is 7.69. The summed E-state index contributed by atoms with van der Waals surface area (Å²) in [6, 6.07) is 5.52. The second-order valence-electron chi connectivity index (χ2n) is 3.74. The Morgan fingerprint density at radius 1 is 1.50 bits per heavy atom. The molecular formula is C12H19ClN2O. The number of benzene rings is 1. The van der Waals surface area contributed by atoms with Crippen LogP contribution in [0, 0.1) is 0 Å². The van der Waals surface area contributed by atoms with Gasteiger partial charge in [-0.3, -0.25) is 0 Å². The van der Waals surface area contributed by atoms with Crippen LogP contribution in [0.4, 0.5) is 0 Å². The Bertz CT molecular complexity index is 331. The molecule has 1 rings (SSSR count). The first kappa shape index (κ1) is 13.3. The largest absolute Gasteiger partial charge is 0.496 e. The van der Waals surface area contributed by atoms with Crippen LogP contribution in [0.5, 0.6) is 5.75 Å². The van der Waals surface area contributed by atoms with E-state index in [9.17, 15) is 0 Å². The van der Waals surface area contributed by atoms with Gasteiger partial charge in [-0.1, -0.05) is 11.6 Å². The molecule has 0 radical (unpaired) electrons. The summed E-state index contributed by atoms with van der Waals surface area (Å²) in [6.07, 6.45) is 1.95. The fourth-order valence-corrected chi connectivity index (χ4v) is 1.83. The zero-order valence-electron chi connectivity index (χ0n) is 9.79. The van der Waals surface area contributed by atoms with Gasteiger partial charge in [-0.05, 0) is 44.6 Å². The van der Waals surface area contributed by atoms with Crippen molar-refractivity contribution in [1.82, 2.24) is 5.32 Å². The van der Waals surface area contributed by atoms with Crippen LogP contribution in [-0.2, 0) is 0 Å². The Balaban J connectivity index is 2.72. The van der Waals surface area contributed by atoms with Gasteiger partial charge in [0.2, 0.25) is 0 Å². The fourth-order valence-electron chi connectivity index (χ4n) is 1.65. The molecule has 0 aliphatic rings. The van der Waals surface area contributed by atoms with Gasteiger partial charge in [-0.25, -0.2) is 0 Å². The third-order valence-corrected chi connectivity index (χ3v) is 2.77. The van der Waals surface area contributed by atoms with E-state index in [0.717, 1.165) is 30.7 Å². The lowest BCUT2D eigenvalue weighted by atomic mass is 10.0. The molecule has 0 saturated carbocycles. The molecule has 1 aromatic carbocycles. The van der Waals surface area contributed by atoms with Gasteiger partial charge in [0.1, 0.15) is 5.75 Å². The van der Waals surface area contributed by atoms with Crippen molar-refractivity contribution in [3.63, 3.8) is 0 Å². The summed E-state index contributed by atoms with van der Waals surface area (Å²) in [5.41, 5.74) is 7.09. The maximum atomic E-state index is 6.11. The van der Waals surface area contributed by atoms with Crippen LogP contribution in [0.3, 0.4) is 0 Å². The molecule has 0 aromatic heterocycles. The number of halogens is 1. The minimum atomic E-state index is -0.0259. The van der Waals surface area contributed by atoms with E-state index in [2.05, 4.69) is 5.32 Å². The maximum Gasteiger partial charge on any atom is 0.123 e. The highest BCUT2D eigenvalue weighted by atomic mass is 35.5. The average Bonchev–Trinajstić information content (AvgIpc) is 2.29. The Labute approximate surface area is 102 Å². The highest BCUT2D eigenvalue weighted by Gasteiger charge is 2.11. The van der Waals surface area contributed by atoms with E-state index < -0.39 is 0 Å². The van der Waals surface area contributed by atoms with Crippen molar-refractivity contribution in [3.8, 4) is 5.75 Å². The second-order valence-corrected chi connectivity index (χ2v) is 4.17. The molecule has 16 heavy (non-hydrogen) atoms. The first-order valence-electron chi connectivity index (χ1n) is 5.42. The smallest absolute Gasteiger partial charge is 0.123 e. The number of methoxy groups -OCH3 is 1. The van der Waals surface area contributed by atoms with Crippen LogP contribution in [0.2, 0.25) is 5.02 Å². The molecule has 1 atom stereocenters. The first-order valence-corrected chi connectivity index (χ1v) is 5.80. The summed E-state index contributed by atoms with van der Waals surface area (Å²) in [5.74, 6) is 0.807. The molecule has 0 amide bonds. The summed E-state index contributed by atoms with van der Waals surface area (Å²) < 4.78 is 5.27. The zero-order valence-corrected chi connectivity index (χ0v) is 10.6. The minimum Gasteiger partial charge on any atom is -0.496 e. The predicted molar refractivity (Wildman–Crippen MR) is 68.1 cm³/mol. The lowest BCUT2D eigenvalue weighted by Crippen LogP contribution is -2.15. The van der Waals surface area contributed by atoms with Gasteiger partial charge in [-0.15, -0.1) is 0 Å². The number of rotatable bonds is 6. The average molecular weight is 243 g/mol. The number of hydrogen-bond donors (Lipinski definition) is 2. The normalized spacial score (nSPS) is 12.5. The van der Waals surface area contributed by atoms with Crippen molar-refractivity contribution in [2.24, 2.45) is 5.73 Å². The molecule has 0 aliphatic carbocycles. The van der Waals surface area contributed by atoms with Gasteiger partial charge in [0.05, 0.1) is 7.11 Å². The van der Waals surface area contributed by atoms with Crippen molar-refractivity contribution < 1.29 is 4.74 Å². The molecule has 0 fully saturated rings. The molecule has 0 spiro atoms. The molecule has 0 bridgehead atoms. The summed E-state index contributed by atoms with van der Waals surface area (Å²) in [7, 11) is 3.58. The third-order valence-electron chi connectivity index (χ3n) is 2.53. The number of hydrogen-bond acceptors (Lipinski definition) is 3. The zero-order chi connectivity index (χ0) is 12.0. The molecule has 1 aromatic rings. The van der Waals surface area contributed by atoms with E-state index in [4.69, 9.17) is 22.1 Å². The predicted octanol–water partition coefficient (Wildman–Crippen LogP) is 2.35. The molecule has 0 aliphatic heterocycles. The topological polar surface area (TPSA) is 47.3 Å². The van der Waals surface area contributed by atoms with Gasteiger partial charge < -0.3 is 15.8 Å². The Morgan fingerprint density at radius 3 is 2.88 bits per heavy atom. The molecule has 1 unspecified atom stereocenters. The number of ether oxygens (including phenoxy) is 1.